The van der Waals surface area contributed by atoms with Gasteiger partial charge in [0.1, 0.15) is 5.82 Å². The Kier molecular flexibility index (Phi) is 3.08. The van der Waals surface area contributed by atoms with Crippen molar-refractivity contribution in [2.24, 2.45) is 5.41 Å². The van der Waals surface area contributed by atoms with E-state index in [9.17, 15) is 9.90 Å². The van der Waals surface area contributed by atoms with Crippen molar-refractivity contribution in [2.45, 2.75) is 32.2 Å². The number of aromatic nitrogens is 1. The summed E-state index contributed by atoms with van der Waals surface area (Å²) in [6.45, 7) is 1.82. The number of fused-ring (bicyclic) bond motifs is 1. The molecule has 104 valence electrons. The van der Waals surface area contributed by atoms with Gasteiger partial charge in [-0.15, -0.1) is 0 Å². The van der Waals surface area contributed by atoms with Crippen LogP contribution in [0.15, 0.2) is 36.4 Å². The lowest BCUT2D eigenvalue weighted by molar-refractivity contribution is -0.147. The van der Waals surface area contributed by atoms with Crippen LogP contribution in [0.5, 0.6) is 0 Å². The van der Waals surface area contributed by atoms with Crippen molar-refractivity contribution in [3.05, 3.63) is 36.4 Å². The number of carboxylic acid groups (broad SMARTS) is 1. The van der Waals surface area contributed by atoms with Crippen molar-refractivity contribution in [2.75, 3.05) is 5.32 Å². The monoisotopic (exact) mass is 270 g/mol. The molecule has 0 aliphatic heterocycles. The second-order valence-corrected chi connectivity index (χ2v) is 5.70. The Morgan fingerprint density at radius 2 is 2.15 bits per heavy atom. The van der Waals surface area contributed by atoms with Gasteiger partial charge in [0.25, 0.3) is 0 Å². The molecule has 2 unspecified atom stereocenters. The highest BCUT2D eigenvalue weighted by Gasteiger charge is 2.45. The summed E-state index contributed by atoms with van der Waals surface area (Å²) in [5.41, 5.74) is 0.223. The minimum absolute atomic E-state index is 0.0614. The fraction of sp³-hybridized carbons (Fsp3) is 0.375. The smallest absolute Gasteiger partial charge is 0.311 e. The van der Waals surface area contributed by atoms with Crippen LogP contribution in [0.25, 0.3) is 10.9 Å². The number of hydrogen-bond donors (Lipinski definition) is 2. The van der Waals surface area contributed by atoms with Gasteiger partial charge >= 0.3 is 5.97 Å². The first-order valence-electron chi connectivity index (χ1n) is 6.95. The molecule has 1 aromatic carbocycles. The fourth-order valence-electron chi connectivity index (χ4n) is 2.98. The van der Waals surface area contributed by atoms with Crippen LogP contribution >= 0.6 is 0 Å². The van der Waals surface area contributed by atoms with Crippen LogP contribution in [0.1, 0.15) is 26.2 Å². The number of benzene rings is 1. The summed E-state index contributed by atoms with van der Waals surface area (Å²) in [7, 11) is 0. The van der Waals surface area contributed by atoms with Gasteiger partial charge in [-0.3, -0.25) is 4.79 Å². The molecule has 2 atom stereocenters. The van der Waals surface area contributed by atoms with Gasteiger partial charge in [0.05, 0.1) is 10.9 Å². The van der Waals surface area contributed by atoms with Gasteiger partial charge in [-0.25, -0.2) is 4.98 Å². The number of aliphatic carboxylic acids is 1. The van der Waals surface area contributed by atoms with E-state index in [-0.39, 0.29) is 6.04 Å². The van der Waals surface area contributed by atoms with Gasteiger partial charge in [-0.2, -0.15) is 0 Å². The minimum atomic E-state index is -0.728. The van der Waals surface area contributed by atoms with Crippen LogP contribution < -0.4 is 5.32 Å². The maximum absolute atomic E-state index is 11.5. The highest BCUT2D eigenvalue weighted by atomic mass is 16.4. The third kappa shape index (κ3) is 2.11. The van der Waals surface area contributed by atoms with E-state index >= 15 is 0 Å². The average Bonchev–Trinajstić information content (AvgIpc) is 2.81. The number of pyridine rings is 1. The van der Waals surface area contributed by atoms with Crippen LogP contribution in [-0.2, 0) is 4.79 Å². The zero-order chi connectivity index (χ0) is 14.2. The molecule has 3 rings (SSSR count). The summed E-state index contributed by atoms with van der Waals surface area (Å²) < 4.78 is 0. The lowest BCUT2D eigenvalue weighted by atomic mass is 9.85. The predicted octanol–water partition coefficient (Wildman–Crippen LogP) is 3.29. The Bertz CT molecular complexity index is 656. The molecule has 1 aliphatic carbocycles. The van der Waals surface area contributed by atoms with Crippen LogP contribution in [0.4, 0.5) is 5.82 Å². The molecule has 4 heteroatoms. The molecule has 0 saturated heterocycles. The molecule has 4 nitrogen and oxygen atoms in total. The molecule has 1 heterocycles. The standard InChI is InChI=1S/C16H18N2O2/c1-16(15(19)20)10-4-7-13(16)18-14-9-8-11-5-2-3-6-12(11)17-14/h2-3,5-6,8-9,13H,4,7,10H2,1H3,(H,17,18)(H,19,20). The zero-order valence-corrected chi connectivity index (χ0v) is 11.5. The molecule has 2 N–H and O–H groups in total. The Hall–Kier alpha value is -2.10. The number of nitrogens with one attached hydrogen (secondary N) is 1. The van der Waals surface area contributed by atoms with Crippen LogP contribution in [0, 0.1) is 5.41 Å². The van der Waals surface area contributed by atoms with Crippen molar-refractivity contribution < 1.29 is 9.90 Å². The first-order chi connectivity index (χ1) is 9.59. The van der Waals surface area contributed by atoms with E-state index in [1.165, 1.54) is 0 Å². The molecular formula is C16H18N2O2. The van der Waals surface area contributed by atoms with Gasteiger partial charge in [0, 0.05) is 11.4 Å². The van der Waals surface area contributed by atoms with Gasteiger partial charge in [0.2, 0.25) is 0 Å². The first kappa shape index (κ1) is 12.9. The molecule has 20 heavy (non-hydrogen) atoms. The highest BCUT2D eigenvalue weighted by Crippen LogP contribution is 2.39. The summed E-state index contributed by atoms with van der Waals surface area (Å²) in [5, 5.41) is 13.8. The first-order valence-corrected chi connectivity index (χ1v) is 6.95. The number of para-hydroxylation sites is 1. The predicted molar refractivity (Wildman–Crippen MR) is 78.7 cm³/mol. The van der Waals surface area contributed by atoms with Crippen molar-refractivity contribution in [1.82, 2.24) is 4.98 Å². The van der Waals surface area contributed by atoms with E-state index < -0.39 is 11.4 Å². The summed E-state index contributed by atoms with van der Waals surface area (Å²) in [6.07, 6.45) is 2.53. The lowest BCUT2D eigenvalue weighted by Gasteiger charge is -2.28. The topological polar surface area (TPSA) is 62.2 Å². The van der Waals surface area contributed by atoms with Crippen molar-refractivity contribution in [3.8, 4) is 0 Å². The minimum Gasteiger partial charge on any atom is -0.481 e. The zero-order valence-electron chi connectivity index (χ0n) is 11.5. The van der Waals surface area contributed by atoms with Gasteiger partial charge in [-0.05, 0) is 38.0 Å². The molecule has 0 spiro atoms. The van der Waals surface area contributed by atoms with Crippen molar-refractivity contribution in [3.63, 3.8) is 0 Å². The number of nitrogens with zero attached hydrogens (tertiary/aromatic N) is 1. The Morgan fingerprint density at radius 1 is 1.35 bits per heavy atom. The summed E-state index contributed by atoms with van der Waals surface area (Å²) >= 11 is 0. The van der Waals surface area contributed by atoms with Crippen LogP contribution in [0.3, 0.4) is 0 Å². The largest absolute Gasteiger partial charge is 0.481 e. The van der Waals surface area contributed by atoms with Crippen LogP contribution in [0.2, 0.25) is 0 Å². The number of rotatable bonds is 3. The van der Waals surface area contributed by atoms with Gasteiger partial charge < -0.3 is 10.4 Å². The number of carboxylic acids is 1. The van der Waals surface area contributed by atoms with Crippen molar-refractivity contribution in [1.29, 1.82) is 0 Å². The summed E-state index contributed by atoms with van der Waals surface area (Å²) in [6, 6.07) is 11.8. The SMILES string of the molecule is CC1(C(=O)O)CCCC1Nc1ccc2ccccc2n1. The number of carbonyl (C=O) groups is 1. The van der Waals surface area contributed by atoms with Gasteiger partial charge in [-0.1, -0.05) is 24.6 Å². The fourth-order valence-corrected chi connectivity index (χ4v) is 2.98. The van der Waals surface area contributed by atoms with Gasteiger partial charge in [0.15, 0.2) is 0 Å². The molecule has 1 saturated carbocycles. The molecule has 0 bridgehead atoms. The Morgan fingerprint density at radius 3 is 2.95 bits per heavy atom. The molecule has 0 radical (unpaired) electrons. The van der Waals surface area contributed by atoms with E-state index in [1.54, 1.807) is 0 Å². The maximum atomic E-state index is 11.5. The quantitative estimate of drug-likeness (QED) is 0.898. The lowest BCUT2D eigenvalue weighted by Crippen LogP contribution is -2.40. The highest BCUT2D eigenvalue weighted by molar-refractivity contribution is 5.80. The van der Waals surface area contributed by atoms with E-state index in [4.69, 9.17) is 0 Å². The Labute approximate surface area is 117 Å². The summed E-state index contributed by atoms with van der Waals surface area (Å²) in [5.74, 6) is 0.0244. The Balaban J connectivity index is 1.87. The van der Waals surface area contributed by atoms with E-state index in [1.807, 2.05) is 43.3 Å². The molecule has 0 amide bonds. The maximum Gasteiger partial charge on any atom is 0.311 e. The molecular weight excluding hydrogens is 252 g/mol. The molecule has 1 fully saturated rings. The molecule has 2 aromatic rings. The normalized spacial score (nSPS) is 25.8. The second-order valence-electron chi connectivity index (χ2n) is 5.70. The average molecular weight is 270 g/mol. The number of hydrogen-bond acceptors (Lipinski definition) is 3. The van der Waals surface area contributed by atoms with E-state index in [0.717, 1.165) is 29.6 Å². The second kappa shape index (κ2) is 4.78. The third-order valence-electron chi connectivity index (χ3n) is 4.37. The van der Waals surface area contributed by atoms with Crippen LogP contribution in [-0.4, -0.2) is 22.1 Å². The molecule has 1 aromatic heterocycles. The van der Waals surface area contributed by atoms with E-state index in [2.05, 4.69) is 10.3 Å². The molecule has 1 aliphatic rings. The summed E-state index contributed by atoms with van der Waals surface area (Å²) in [4.78, 5) is 16.0. The third-order valence-corrected chi connectivity index (χ3v) is 4.37. The van der Waals surface area contributed by atoms with Crippen molar-refractivity contribution >= 4 is 22.7 Å². The number of anilines is 1. The van der Waals surface area contributed by atoms with E-state index in [0.29, 0.717) is 6.42 Å².